The molecule has 0 aliphatic carbocycles. The van der Waals surface area contributed by atoms with Gasteiger partial charge < -0.3 is 0 Å². The maximum Gasteiger partial charge on any atom is 0.417 e. The summed E-state index contributed by atoms with van der Waals surface area (Å²) in [6.07, 6.45) is -4.48. The van der Waals surface area contributed by atoms with E-state index in [0.717, 1.165) is 29.3 Å². The maximum absolute atomic E-state index is 13.3. The Morgan fingerprint density at radius 3 is 1.79 bits per heavy atom. The Hall–Kier alpha value is -2.62. The monoisotopic (exact) mass is 330 g/mol. The van der Waals surface area contributed by atoms with Crippen molar-refractivity contribution in [2.45, 2.75) is 13.1 Å². The molecule has 0 N–H and O–H groups in total. The molecule has 0 saturated heterocycles. The highest BCUT2D eigenvalue weighted by Gasteiger charge is 2.33. The van der Waals surface area contributed by atoms with Gasteiger partial charge in [-0.3, -0.25) is 0 Å². The number of rotatable bonds is 2. The van der Waals surface area contributed by atoms with Crippen LogP contribution < -0.4 is 0 Å². The average molecular weight is 330 g/mol. The molecule has 0 bridgehead atoms. The summed E-state index contributed by atoms with van der Waals surface area (Å²) in [5, 5.41) is 0. The second-order valence-electron chi connectivity index (χ2n) is 5.63. The largest absolute Gasteiger partial charge is 0.417 e. The van der Waals surface area contributed by atoms with Crippen LogP contribution in [0.2, 0.25) is 0 Å². The quantitative estimate of drug-likeness (QED) is 0.471. The standard InChI is InChI=1S/C20H14F4/c1-13-2-4-14(5-3-13)16-8-11-19(20(22,23)24)18(12-16)15-6-9-17(21)10-7-15/h2-12H,1H3. The first kappa shape index (κ1) is 16.2. The molecule has 122 valence electrons. The smallest absolute Gasteiger partial charge is 0.207 e. The number of hydrogen-bond donors (Lipinski definition) is 0. The normalized spacial score (nSPS) is 11.5. The fourth-order valence-corrected chi connectivity index (χ4v) is 2.59. The highest BCUT2D eigenvalue weighted by molar-refractivity contribution is 5.76. The van der Waals surface area contributed by atoms with Gasteiger partial charge in [-0.2, -0.15) is 13.2 Å². The Labute approximate surface area is 137 Å². The van der Waals surface area contributed by atoms with Gasteiger partial charge >= 0.3 is 6.18 Å². The first-order chi connectivity index (χ1) is 11.3. The maximum atomic E-state index is 13.3. The topological polar surface area (TPSA) is 0 Å². The van der Waals surface area contributed by atoms with Crippen LogP contribution in [0.3, 0.4) is 0 Å². The number of benzene rings is 3. The molecule has 0 heterocycles. The molecule has 24 heavy (non-hydrogen) atoms. The van der Waals surface area contributed by atoms with Gasteiger partial charge in [0.05, 0.1) is 5.56 Å². The summed E-state index contributed by atoms with van der Waals surface area (Å²) < 4.78 is 53.1. The number of halogens is 4. The van der Waals surface area contributed by atoms with E-state index in [4.69, 9.17) is 0 Å². The summed E-state index contributed by atoms with van der Waals surface area (Å²) in [5.74, 6) is -0.484. The minimum Gasteiger partial charge on any atom is -0.207 e. The van der Waals surface area contributed by atoms with E-state index in [0.29, 0.717) is 11.1 Å². The van der Waals surface area contributed by atoms with Crippen molar-refractivity contribution in [2.75, 3.05) is 0 Å². The number of aryl methyl sites for hydroxylation is 1. The third-order valence-corrected chi connectivity index (χ3v) is 3.87. The van der Waals surface area contributed by atoms with Crippen molar-refractivity contribution in [3.8, 4) is 22.3 Å². The molecular formula is C20H14F4. The molecule has 0 spiro atoms. The molecule has 0 radical (unpaired) electrons. The van der Waals surface area contributed by atoms with Gasteiger partial charge in [-0.1, -0.05) is 48.0 Å². The number of alkyl halides is 3. The zero-order valence-electron chi connectivity index (χ0n) is 12.9. The molecule has 0 aliphatic heterocycles. The van der Waals surface area contributed by atoms with Crippen molar-refractivity contribution in [3.63, 3.8) is 0 Å². The summed E-state index contributed by atoms with van der Waals surface area (Å²) in [5.41, 5.74) is 2.23. The van der Waals surface area contributed by atoms with Gasteiger partial charge in [0.1, 0.15) is 5.82 Å². The summed E-state index contributed by atoms with van der Waals surface area (Å²) in [4.78, 5) is 0. The molecule has 0 amide bonds. The van der Waals surface area contributed by atoms with Crippen LogP contribution in [0.1, 0.15) is 11.1 Å². The van der Waals surface area contributed by atoms with Crippen molar-refractivity contribution in [2.24, 2.45) is 0 Å². The first-order valence-corrected chi connectivity index (χ1v) is 7.39. The molecule has 0 nitrogen and oxygen atoms in total. The van der Waals surface area contributed by atoms with Gasteiger partial charge in [-0.25, -0.2) is 4.39 Å². The molecule has 4 heteroatoms. The highest BCUT2D eigenvalue weighted by atomic mass is 19.4. The molecule has 0 aromatic heterocycles. The predicted molar refractivity (Wildman–Crippen MR) is 87.0 cm³/mol. The zero-order valence-corrected chi connectivity index (χ0v) is 12.9. The summed E-state index contributed by atoms with van der Waals surface area (Å²) >= 11 is 0. The molecule has 0 aliphatic rings. The minimum atomic E-state index is -4.48. The van der Waals surface area contributed by atoms with E-state index in [1.807, 2.05) is 31.2 Å². The van der Waals surface area contributed by atoms with E-state index in [1.54, 1.807) is 0 Å². The summed E-state index contributed by atoms with van der Waals surface area (Å²) in [6, 6.07) is 16.6. The summed E-state index contributed by atoms with van der Waals surface area (Å²) in [7, 11) is 0. The molecule has 0 fully saturated rings. The lowest BCUT2D eigenvalue weighted by Crippen LogP contribution is -2.07. The molecule has 3 rings (SSSR count). The van der Waals surface area contributed by atoms with E-state index in [-0.39, 0.29) is 5.56 Å². The van der Waals surface area contributed by atoms with Crippen molar-refractivity contribution < 1.29 is 17.6 Å². The lowest BCUT2D eigenvalue weighted by Gasteiger charge is -2.15. The lowest BCUT2D eigenvalue weighted by molar-refractivity contribution is -0.137. The van der Waals surface area contributed by atoms with Crippen molar-refractivity contribution in [3.05, 3.63) is 83.7 Å². The van der Waals surface area contributed by atoms with Gasteiger partial charge in [0.15, 0.2) is 0 Å². The van der Waals surface area contributed by atoms with Crippen LogP contribution in [0.4, 0.5) is 17.6 Å². The van der Waals surface area contributed by atoms with Crippen molar-refractivity contribution in [1.29, 1.82) is 0 Å². The Kier molecular flexibility index (Phi) is 4.14. The van der Waals surface area contributed by atoms with Crippen LogP contribution >= 0.6 is 0 Å². The van der Waals surface area contributed by atoms with E-state index in [9.17, 15) is 17.6 Å². The van der Waals surface area contributed by atoms with Crippen molar-refractivity contribution >= 4 is 0 Å². The third-order valence-electron chi connectivity index (χ3n) is 3.87. The van der Waals surface area contributed by atoms with Crippen LogP contribution in [0, 0.1) is 12.7 Å². The average Bonchev–Trinajstić information content (AvgIpc) is 2.55. The fraction of sp³-hybridized carbons (Fsp3) is 0.100. The second-order valence-corrected chi connectivity index (χ2v) is 5.63. The van der Waals surface area contributed by atoms with E-state index in [1.165, 1.54) is 24.3 Å². The van der Waals surface area contributed by atoms with Crippen LogP contribution in [-0.2, 0) is 6.18 Å². The van der Waals surface area contributed by atoms with Crippen LogP contribution in [0.5, 0.6) is 0 Å². The molecule has 3 aromatic rings. The summed E-state index contributed by atoms with van der Waals surface area (Å²) in [6.45, 7) is 1.94. The van der Waals surface area contributed by atoms with Crippen molar-refractivity contribution in [1.82, 2.24) is 0 Å². The fourth-order valence-electron chi connectivity index (χ4n) is 2.59. The highest BCUT2D eigenvalue weighted by Crippen LogP contribution is 2.39. The Morgan fingerprint density at radius 1 is 0.667 bits per heavy atom. The van der Waals surface area contributed by atoms with E-state index >= 15 is 0 Å². The Balaban J connectivity index is 2.17. The van der Waals surface area contributed by atoms with E-state index in [2.05, 4.69) is 0 Å². The molecular weight excluding hydrogens is 316 g/mol. The van der Waals surface area contributed by atoms with Gasteiger partial charge in [0, 0.05) is 0 Å². The molecule has 0 atom stereocenters. The Bertz CT molecular complexity index is 844. The molecule has 0 saturated carbocycles. The first-order valence-electron chi connectivity index (χ1n) is 7.39. The van der Waals surface area contributed by atoms with Gasteiger partial charge in [-0.05, 0) is 53.4 Å². The second kappa shape index (κ2) is 6.11. The van der Waals surface area contributed by atoms with Crippen LogP contribution in [-0.4, -0.2) is 0 Å². The van der Waals surface area contributed by atoms with Crippen LogP contribution in [0.15, 0.2) is 66.7 Å². The number of hydrogen-bond acceptors (Lipinski definition) is 0. The minimum absolute atomic E-state index is 0.0422. The van der Waals surface area contributed by atoms with Gasteiger partial charge in [0.2, 0.25) is 0 Å². The van der Waals surface area contributed by atoms with Gasteiger partial charge in [-0.15, -0.1) is 0 Å². The molecule has 3 aromatic carbocycles. The lowest BCUT2D eigenvalue weighted by atomic mass is 9.94. The van der Waals surface area contributed by atoms with Gasteiger partial charge in [0.25, 0.3) is 0 Å². The SMILES string of the molecule is Cc1ccc(-c2ccc(C(F)(F)F)c(-c3ccc(F)cc3)c2)cc1. The third kappa shape index (κ3) is 3.32. The Morgan fingerprint density at radius 2 is 1.21 bits per heavy atom. The zero-order chi connectivity index (χ0) is 17.3. The molecule has 0 unspecified atom stereocenters. The predicted octanol–water partition coefficient (Wildman–Crippen LogP) is 6.49. The van der Waals surface area contributed by atoms with Crippen LogP contribution in [0.25, 0.3) is 22.3 Å². The van der Waals surface area contributed by atoms with E-state index < -0.39 is 17.6 Å².